The molecule has 1 N–H and O–H groups in total. The topological polar surface area (TPSA) is 56.8 Å². The van der Waals surface area contributed by atoms with Gasteiger partial charge < -0.3 is 19.5 Å². The van der Waals surface area contributed by atoms with E-state index in [1.54, 1.807) is 7.11 Å². The summed E-state index contributed by atoms with van der Waals surface area (Å²) in [6.07, 6.45) is 0.844. The number of halogens is 1. The lowest BCUT2D eigenvalue weighted by Crippen LogP contribution is -2.28. The second-order valence-corrected chi connectivity index (χ2v) is 6.18. The molecule has 122 valence electrons. The van der Waals surface area contributed by atoms with Gasteiger partial charge in [0, 0.05) is 25.8 Å². The summed E-state index contributed by atoms with van der Waals surface area (Å²) < 4.78 is 16.1. The second-order valence-electron chi connectivity index (χ2n) is 4.79. The number of rotatable bonds is 7. The van der Waals surface area contributed by atoms with Crippen molar-refractivity contribution in [2.45, 2.75) is 12.2 Å². The molecular formula is C15H20ClNO4S. The summed E-state index contributed by atoms with van der Waals surface area (Å²) in [5.41, 5.74) is 1.02. The molecule has 0 spiro atoms. The van der Waals surface area contributed by atoms with E-state index >= 15 is 0 Å². The summed E-state index contributed by atoms with van der Waals surface area (Å²) in [6.45, 7) is 2.30. The Morgan fingerprint density at radius 2 is 2.23 bits per heavy atom. The maximum atomic E-state index is 11.6. The van der Waals surface area contributed by atoms with Crippen LogP contribution in [0.15, 0.2) is 12.1 Å². The largest absolute Gasteiger partial charge is 0.489 e. The van der Waals surface area contributed by atoms with Gasteiger partial charge in [-0.25, -0.2) is 0 Å². The summed E-state index contributed by atoms with van der Waals surface area (Å²) >= 11 is 7.77. The van der Waals surface area contributed by atoms with E-state index < -0.39 is 0 Å². The van der Waals surface area contributed by atoms with Crippen molar-refractivity contribution in [1.29, 1.82) is 0 Å². The number of hydrogen-bond acceptors (Lipinski definition) is 5. The third kappa shape index (κ3) is 5.26. The van der Waals surface area contributed by atoms with Crippen LogP contribution < -0.4 is 14.8 Å². The van der Waals surface area contributed by atoms with Gasteiger partial charge in [0.1, 0.15) is 0 Å². The van der Waals surface area contributed by atoms with E-state index in [0.29, 0.717) is 54.4 Å². The Hall–Kier alpha value is -1.11. The molecule has 7 heteroatoms. The number of ether oxygens (including phenoxy) is 3. The fraction of sp³-hybridized carbons (Fsp3) is 0.533. The fourth-order valence-electron chi connectivity index (χ4n) is 1.97. The SMILES string of the molecule is COCCNC(=O)CSCc1cc(Cl)c2c(c1)OCCCO2. The highest BCUT2D eigenvalue weighted by Gasteiger charge is 2.15. The van der Waals surface area contributed by atoms with Crippen LogP contribution in [-0.2, 0) is 15.3 Å². The van der Waals surface area contributed by atoms with E-state index in [9.17, 15) is 4.79 Å². The van der Waals surface area contributed by atoms with E-state index in [4.69, 9.17) is 25.8 Å². The molecule has 1 aromatic carbocycles. The Morgan fingerprint density at radius 3 is 3.05 bits per heavy atom. The second kappa shape index (κ2) is 9.12. The minimum Gasteiger partial charge on any atom is -0.489 e. The van der Waals surface area contributed by atoms with Crippen molar-refractivity contribution in [3.05, 3.63) is 22.7 Å². The molecular weight excluding hydrogens is 326 g/mol. The van der Waals surface area contributed by atoms with Crippen molar-refractivity contribution in [2.24, 2.45) is 0 Å². The van der Waals surface area contributed by atoms with Gasteiger partial charge in [0.15, 0.2) is 11.5 Å². The van der Waals surface area contributed by atoms with E-state index in [1.807, 2.05) is 12.1 Å². The molecule has 0 saturated carbocycles. The number of amides is 1. The number of carbonyl (C=O) groups excluding carboxylic acids is 1. The van der Waals surface area contributed by atoms with E-state index in [2.05, 4.69) is 5.32 Å². The number of nitrogens with one attached hydrogen (secondary N) is 1. The summed E-state index contributed by atoms with van der Waals surface area (Å²) in [5, 5.41) is 3.34. The first-order valence-corrected chi connectivity index (χ1v) is 8.65. The molecule has 1 aromatic rings. The lowest BCUT2D eigenvalue weighted by atomic mass is 10.2. The number of thioether (sulfide) groups is 1. The first-order valence-electron chi connectivity index (χ1n) is 7.12. The van der Waals surface area contributed by atoms with Crippen molar-refractivity contribution in [1.82, 2.24) is 5.32 Å². The lowest BCUT2D eigenvalue weighted by molar-refractivity contribution is -0.118. The van der Waals surface area contributed by atoms with Gasteiger partial charge in [0.05, 0.1) is 30.6 Å². The molecule has 1 heterocycles. The summed E-state index contributed by atoms with van der Waals surface area (Å²) in [6, 6.07) is 3.80. The van der Waals surface area contributed by atoms with Gasteiger partial charge in [-0.1, -0.05) is 11.6 Å². The third-order valence-corrected chi connectivity index (χ3v) is 4.28. The highest BCUT2D eigenvalue weighted by Crippen LogP contribution is 2.38. The Bertz CT molecular complexity index is 513. The zero-order valence-electron chi connectivity index (χ0n) is 12.5. The van der Waals surface area contributed by atoms with Crippen molar-refractivity contribution < 1.29 is 19.0 Å². The normalized spacial score (nSPS) is 13.5. The van der Waals surface area contributed by atoms with Gasteiger partial charge in [-0.15, -0.1) is 11.8 Å². The molecule has 0 aliphatic carbocycles. The minimum atomic E-state index is 0.00231. The third-order valence-electron chi connectivity index (χ3n) is 2.99. The molecule has 0 atom stereocenters. The van der Waals surface area contributed by atoms with Gasteiger partial charge in [0.2, 0.25) is 5.91 Å². The van der Waals surface area contributed by atoms with Gasteiger partial charge >= 0.3 is 0 Å². The minimum absolute atomic E-state index is 0.00231. The molecule has 1 aliphatic heterocycles. The molecule has 1 aliphatic rings. The number of methoxy groups -OCH3 is 1. The van der Waals surface area contributed by atoms with Crippen LogP contribution in [0, 0.1) is 0 Å². The lowest BCUT2D eigenvalue weighted by Gasteiger charge is -2.11. The van der Waals surface area contributed by atoms with Crippen LogP contribution in [0.5, 0.6) is 11.5 Å². The van der Waals surface area contributed by atoms with E-state index in [0.717, 1.165) is 12.0 Å². The molecule has 22 heavy (non-hydrogen) atoms. The Morgan fingerprint density at radius 1 is 1.41 bits per heavy atom. The number of benzene rings is 1. The highest BCUT2D eigenvalue weighted by molar-refractivity contribution is 7.99. The quantitative estimate of drug-likeness (QED) is 0.769. The van der Waals surface area contributed by atoms with Crippen LogP contribution >= 0.6 is 23.4 Å². The Labute approximate surface area is 139 Å². The molecule has 0 aromatic heterocycles. The fourth-order valence-corrected chi connectivity index (χ4v) is 3.05. The Kier molecular flexibility index (Phi) is 7.15. The van der Waals surface area contributed by atoms with Crippen molar-refractivity contribution in [2.75, 3.05) is 39.2 Å². The van der Waals surface area contributed by atoms with Gasteiger partial charge in [-0.05, 0) is 17.7 Å². The number of fused-ring (bicyclic) bond motifs is 1. The maximum absolute atomic E-state index is 11.6. The van der Waals surface area contributed by atoms with Crippen molar-refractivity contribution in [3.8, 4) is 11.5 Å². The number of hydrogen-bond donors (Lipinski definition) is 1. The molecule has 2 rings (SSSR count). The maximum Gasteiger partial charge on any atom is 0.230 e. The average molecular weight is 346 g/mol. The van der Waals surface area contributed by atoms with Gasteiger partial charge in [-0.3, -0.25) is 4.79 Å². The van der Waals surface area contributed by atoms with E-state index in [-0.39, 0.29) is 5.91 Å². The first-order chi connectivity index (χ1) is 10.7. The van der Waals surface area contributed by atoms with Gasteiger partial charge in [0.25, 0.3) is 0 Å². The molecule has 0 fully saturated rings. The molecule has 0 radical (unpaired) electrons. The van der Waals surface area contributed by atoms with Crippen LogP contribution in [-0.4, -0.2) is 45.1 Å². The predicted octanol–water partition coefficient (Wildman–Crippen LogP) is 2.50. The van der Waals surface area contributed by atoms with Gasteiger partial charge in [-0.2, -0.15) is 0 Å². The molecule has 1 amide bonds. The van der Waals surface area contributed by atoms with Crippen molar-refractivity contribution in [3.63, 3.8) is 0 Å². The standard InChI is InChI=1S/C15H20ClNO4S/c1-19-6-3-17-14(18)10-22-9-11-7-12(16)15-13(8-11)20-4-2-5-21-15/h7-8H,2-6,9-10H2,1H3,(H,17,18). The van der Waals surface area contributed by atoms with Crippen LogP contribution in [0.1, 0.15) is 12.0 Å². The van der Waals surface area contributed by atoms with Crippen molar-refractivity contribution >= 4 is 29.3 Å². The highest BCUT2D eigenvalue weighted by atomic mass is 35.5. The molecule has 0 unspecified atom stereocenters. The van der Waals surface area contributed by atoms with Crippen LogP contribution in [0.3, 0.4) is 0 Å². The summed E-state index contributed by atoms with van der Waals surface area (Å²) in [7, 11) is 1.61. The summed E-state index contributed by atoms with van der Waals surface area (Å²) in [4.78, 5) is 11.6. The monoisotopic (exact) mass is 345 g/mol. The van der Waals surface area contributed by atoms with Crippen LogP contribution in [0.4, 0.5) is 0 Å². The molecule has 5 nitrogen and oxygen atoms in total. The first kappa shape index (κ1) is 17.2. The van der Waals surface area contributed by atoms with Crippen LogP contribution in [0.25, 0.3) is 0 Å². The zero-order chi connectivity index (χ0) is 15.8. The Balaban J connectivity index is 1.84. The van der Waals surface area contributed by atoms with E-state index in [1.165, 1.54) is 11.8 Å². The summed E-state index contributed by atoms with van der Waals surface area (Å²) in [5.74, 6) is 2.39. The molecule has 0 bridgehead atoms. The number of carbonyl (C=O) groups is 1. The van der Waals surface area contributed by atoms with Crippen LogP contribution in [0.2, 0.25) is 5.02 Å². The zero-order valence-corrected chi connectivity index (χ0v) is 14.1. The predicted molar refractivity (Wildman–Crippen MR) is 88.1 cm³/mol. The molecule has 0 saturated heterocycles. The smallest absolute Gasteiger partial charge is 0.230 e. The average Bonchev–Trinajstić information content (AvgIpc) is 2.73.